The van der Waals surface area contributed by atoms with Crippen LogP contribution in [-0.2, 0) is 19.3 Å². The highest BCUT2D eigenvalue weighted by molar-refractivity contribution is 5.69. The van der Waals surface area contributed by atoms with E-state index in [4.69, 9.17) is 4.74 Å². The molecule has 3 unspecified atom stereocenters. The molecule has 0 spiro atoms. The van der Waals surface area contributed by atoms with Crippen molar-refractivity contribution in [2.75, 3.05) is 20.3 Å². The molecular weight excluding hydrogens is 268 g/mol. The third-order valence-electron chi connectivity index (χ3n) is 3.09. The number of aliphatic hydroxyl groups excluding tert-OH is 3. The van der Waals surface area contributed by atoms with Crippen molar-refractivity contribution in [1.29, 1.82) is 0 Å². The van der Waals surface area contributed by atoms with Gasteiger partial charge < -0.3 is 20.1 Å². The van der Waals surface area contributed by atoms with Gasteiger partial charge in [-0.3, -0.25) is 4.79 Å². The Morgan fingerprint density at radius 2 is 1.60 bits per heavy atom. The molecule has 0 amide bonds. The summed E-state index contributed by atoms with van der Waals surface area (Å²) in [5, 5.41) is 29.6. The van der Waals surface area contributed by atoms with Crippen molar-refractivity contribution >= 4 is 5.97 Å². The molecule has 120 valence electrons. The van der Waals surface area contributed by atoms with Crippen LogP contribution in [0.5, 0.6) is 0 Å². The van der Waals surface area contributed by atoms with Crippen LogP contribution in [0.15, 0.2) is 0 Å². The van der Waals surface area contributed by atoms with E-state index in [2.05, 4.69) is 9.78 Å². The number of esters is 1. The van der Waals surface area contributed by atoms with Gasteiger partial charge >= 0.3 is 5.97 Å². The summed E-state index contributed by atoms with van der Waals surface area (Å²) >= 11 is 0. The summed E-state index contributed by atoms with van der Waals surface area (Å²) in [6.45, 7) is 3.29. The number of hydrogen-bond donors (Lipinski definition) is 3. The molecule has 0 saturated carbocycles. The molecule has 0 radical (unpaired) electrons. The van der Waals surface area contributed by atoms with E-state index in [-0.39, 0.29) is 19.6 Å². The van der Waals surface area contributed by atoms with Gasteiger partial charge in [0.1, 0.15) is 6.61 Å². The number of rotatable bonds is 11. The maximum Gasteiger partial charge on any atom is 0.308 e. The van der Waals surface area contributed by atoms with Gasteiger partial charge in [0.2, 0.25) is 0 Å². The minimum atomic E-state index is -1.12. The van der Waals surface area contributed by atoms with Gasteiger partial charge in [0, 0.05) is 5.92 Å². The second kappa shape index (κ2) is 11.0. The number of carbonyl (C=O) groups excluding carboxylic acids is 1. The first-order valence-electron chi connectivity index (χ1n) is 6.83. The van der Waals surface area contributed by atoms with E-state index in [0.717, 1.165) is 0 Å². The lowest BCUT2D eigenvalue weighted by Gasteiger charge is -2.30. The molecule has 0 aromatic rings. The van der Waals surface area contributed by atoms with Crippen LogP contribution in [0.2, 0.25) is 0 Å². The minimum Gasteiger partial charge on any atom is -0.463 e. The molecule has 0 fully saturated rings. The summed E-state index contributed by atoms with van der Waals surface area (Å²) in [5.41, 5.74) is 0. The van der Waals surface area contributed by atoms with Gasteiger partial charge in [-0.25, -0.2) is 9.78 Å². The lowest BCUT2D eigenvalue weighted by atomic mass is 9.87. The molecule has 0 saturated heterocycles. The zero-order valence-corrected chi connectivity index (χ0v) is 12.3. The molecule has 0 bridgehead atoms. The van der Waals surface area contributed by atoms with Crippen molar-refractivity contribution in [3.8, 4) is 0 Å². The molecule has 0 aromatic heterocycles. The summed E-state index contributed by atoms with van der Waals surface area (Å²) in [5.74, 6) is -1.29. The second-order valence-corrected chi connectivity index (χ2v) is 4.52. The highest BCUT2D eigenvalue weighted by Crippen LogP contribution is 2.20. The molecule has 7 nitrogen and oxygen atoms in total. The quantitative estimate of drug-likeness (QED) is 0.213. The first-order valence-corrected chi connectivity index (χ1v) is 6.83. The van der Waals surface area contributed by atoms with Crippen molar-refractivity contribution in [3.05, 3.63) is 0 Å². The SMILES string of the molecule is CCC(O)C(C(O)CC)C(O)COC(=O)CCOOC. The Balaban J connectivity index is 4.25. The molecule has 0 aliphatic rings. The predicted molar refractivity (Wildman–Crippen MR) is 70.6 cm³/mol. The summed E-state index contributed by atoms with van der Waals surface area (Å²) in [6.07, 6.45) is -2.03. The fraction of sp³-hybridized carbons (Fsp3) is 0.923. The van der Waals surface area contributed by atoms with E-state index in [9.17, 15) is 20.1 Å². The lowest BCUT2D eigenvalue weighted by Crippen LogP contribution is -2.42. The highest BCUT2D eigenvalue weighted by atomic mass is 17.2. The molecule has 0 heterocycles. The number of carbonyl (C=O) groups is 1. The number of aliphatic hydroxyl groups is 3. The average Bonchev–Trinajstić information content (AvgIpc) is 2.45. The van der Waals surface area contributed by atoms with Crippen LogP contribution < -0.4 is 0 Å². The Bertz CT molecular complexity index is 249. The van der Waals surface area contributed by atoms with E-state index < -0.39 is 30.2 Å². The molecule has 0 aliphatic heterocycles. The Morgan fingerprint density at radius 1 is 1.05 bits per heavy atom. The van der Waals surface area contributed by atoms with Crippen LogP contribution in [-0.4, -0.2) is 59.9 Å². The molecule has 7 heteroatoms. The normalized spacial score (nSPS) is 17.3. The molecule has 0 aromatic carbocycles. The summed E-state index contributed by atoms with van der Waals surface area (Å²) < 4.78 is 4.87. The third kappa shape index (κ3) is 7.16. The third-order valence-corrected chi connectivity index (χ3v) is 3.09. The van der Waals surface area contributed by atoms with Gasteiger partial charge in [0.05, 0.1) is 38.4 Å². The topological polar surface area (TPSA) is 105 Å². The number of ether oxygens (including phenoxy) is 1. The standard InChI is InChI=1S/C13H26O7/c1-4-9(14)13(10(15)5-2)11(16)8-19-12(17)6-7-20-18-3/h9-11,13-16H,4-8H2,1-3H3. The van der Waals surface area contributed by atoms with Crippen LogP contribution >= 0.6 is 0 Å². The smallest absolute Gasteiger partial charge is 0.308 e. The first-order chi connectivity index (χ1) is 9.47. The fourth-order valence-corrected chi connectivity index (χ4v) is 1.88. The van der Waals surface area contributed by atoms with E-state index in [1.54, 1.807) is 13.8 Å². The maximum atomic E-state index is 11.3. The van der Waals surface area contributed by atoms with E-state index >= 15 is 0 Å². The predicted octanol–water partition coefficient (Wildman–Crippen LogP) is 0.0166. The average molecular weight is 294 g/mol. The van der Waals surface area contributed by atoms with Gasteiger partial charge in [0.25, 0.3) is 0 Å². The van der Waals surface area contributed by atoms with E-state index in [1.165, 1.54) is 7.11 Å². The van der Waals surface area contributed by atoms with Gasteiger partial charge in [-0.2, -0.15) is 0 Å². The maximum absolute atomic E-state index is 11.3. The lowest BCUT2D eigenvalue weighted by molar-refractivity contribution is -0.272. The van der Waals surface area contributed by atoms with Crippen LogP contribution in [0.3, 0.4) is 0 Å². The van der Waals surface area contributed by atoms with Crippen LogP contribution in [0.1, 0.15) is 33.1 Å². The monoisotopic (exact) mass is 294 g/mol. The van der Waals surface area contributed by atoms with Crippen LogP contribution in [0.25, 0.3) is 0 Å². The van der Waals surface area contributed by atoms with Crippen molar-refractivity contribution in [2.24, 2.45) is 5.92 Å². The van der Waals surface area contributed by atoms with Crippen molar-refractivity contribution in [1.82, 2.24) is 0 Å². The first kappa shape index (κ1) is 19.3. The molecule has 0 aliphatic carbocycles. The van der Waals surface area contributed by atoms with Crippen LogP contribution in [0, 0.1) is 5.92 Å². The summed E-state index contributed by atoms with van der Waals surface area (Å²) in [6, 6.07) is 0. The zero-order chi connectivity index (χ0) is 15.5. The second-order valence-electron chi connectivity index (χ2n) is 4.52. The summed E-state index contributed by atoms with van der Waals surface area (Å²) in [4.78, 5) is 20.2. The highest BCUT2D eigenvalue weighted by Gasteiger charge is 2.32. The minimum absolute atomic E-state index is 0.00209. The molecular formula is C13H26O7. The molecule has 0 rings (SSSR count). The Morgan fingerprint density at radius 3 is 2.05 bits per heavy atom. The summed E-state index contributed by atoms with van der Waals surface area (Å²) in [7, 11) is 1.33. The molecule has 3 atom stereocenters. The Labute approximate surface area is 119 Å². The van der Waals surface area contributed by atoms with E-state index in [0.29, 0.717) is 12.8 Å². The van der Waals surface area contributed by atoms with Crippen LogP contribution in [0.4, 0.5) is 0 Å². The fourth-order valence-electron chi connectivity index (χ4n) is 1.88. The number of hydrogen-bond acceptors (Lipinski definition) is 7. The molecule has 3 N–H and O–H groups in total. The van der Waals surface area contributed by atoms with E-state index in [1.807, 2.05) is 0 Å². The van der Waals surface area contributed by atoms with Gasteiger partial charge in [-0.15, -0.1) is 0 Å². The van der Waals surface area contributed by atoms with Gasteiger partial charge in [-0.05, 0) is 12.8 Å². The zero-order valence-electron chi connectivity index (χ0n) is 12.3. The van der Waals surface area contributed by atoms with Crippen molar-refractivity contribution in [3.63, 3.8) is 0 Å². The largest absolute Gasteiger partial charge is 0.463 e. The van der Waals surface area contributed by atoms with Crippen molar-refractivity contribution in [2.45, 2.75) is 51.4 Å². The van der Waals surface area contributed by atoms with Gasteiger partial charge in [0.15, 0.2) is 0 Å². The van der Waals surface area contributed by atoms with Gasteiger partial charge in [-0.1, -0.05) is 13.8 Å². The van der Waals surface area contributed by atoms with Crippen molar-refractivity contribution < 1.29 is 34.6 Å². The Kier molecular flexibility index (Phi) is 10.6. The molecule has 20 heavy (non-hydrogen) atoms. The Hall–Kier alpha value is -0.730.